The average molecular weight is 394 g/mol. The van der Waals surface area contributed by atoms with Gasteiger partial charge in [0.15, 0.2) is 17.7 Å². The Bertz CT molecular complexity index is 1160. The second kappa shape index (κ2) is 4.36. The van der Waals surface area contributed by atoms with E-state index in [1.807, 2.05) is 24.3 Å². The summed E-state index contributed by atoms with van der Waals surface area (Å²) in [5.41, 5.74) is -3.93. The third kappa shape index (κ3) is 1.35. The molecule has 8 nitrogen and oxygen atoms in total. The van der Waals surface area contributed by atoms with Crippen molar-refractivity contribution >= 4 is 22.3 Å². The van der Waals surface area contributed by atoms with Gasteiger partial charge < -0.3 is 28.8 Å². The standard InChI is InChI=1S/C21H14O8/c1-25-20(24)16-17(26-16)21(19-14(23)9-8-13(22)18(19,20)29-19)27-11-6-2-4-10-5-3-7-12(28-21)15(10)11/h2-9,16-17,24H,1H3/t16-,17+,18+,19-,20+/m0/s1. The molecule has 0 radical (unpaired) electrons. The second-order valence-corrected chi connectivity index (χ2v) is 7.89. The Morgan fingerprint density at radius 1 is 0.931 bits per heavy atom. The quantitative estimate of drug-likeness (QED) is 0.555. The molecule has 1 spiro atoms. The first-order chi connectivity index (χ1) is 14.0. The van der Waals surface area contributed by atoms with E-state index in [4.69, 9.17) is 23.7 Å². The predicted octanol–water partition coefficient (Wildman–Crippen LogP) is 0.639. The van der Waals surface area contributed by atoms with Crippen molar-refractivity contribution in [1.82, 2.24) is 0 Å². The van der Waals surface area contributed by atoms with Crippen molar-refractivity contribution in [2.45, 2.75) is 35.0 Å². The summed E-state index contributed by atoms with van der Waals surface area (Å²) in [7, 11) is 1.24. The molecule has 0 bridgehead atoms. The minimum absolute atomic E-state index is 0.482. The molecule has 29 heavy (non-hydrogen) atoms. The molecular weight excluding hydrogens is 380 g/mol. The highest BCUT2D eigenvalue weighted by Crippen LogP contribution is 2.74. The van der Waals surface area contributed by atoms with Crippen LogP contribution in [0.25, 0.3) is 10.8 Å². The topological polar surface area (TPSA) is 107 Å². The first kappa shape index (κ1) is 16.1. The molecule has 2 aromatic carbocycles. The van der Waals surface area contributed by atoms with Gasteiger partial charge in [-0.2, -0.15) is 0 Å². The maximum atomic E-state index is 13.2. The van der Waals surface area contributed by atoms with E-state index in [0.29, 0.717) is 11.5 Å². The molecule has 3 fully saturated rings. The first-order valence-corrected chi connectivity index (χ1v) is 9.25. The van der Waals surface area contributed by atoms with E-state index in [2.05, 4.69) is 0 Å². The zero-order valence-electron chi connectivity index (χ0n) is 15.1. The van der Waals surface area contributed by atoms with Crippen LogP contribution in [0.3, 0.4) is 0 Å². The number of carbonyl (C=O) groups excluding carboxylic acids is 2. The van der Waals surface area contributed by atoms with Crippen molar-refractivity contribution in [1.29, 1.82) is 0 Å². The predicted molar refractivity (Wildman–Crippen MR) is 94.3 cm³/mol. The van der Waals surface area contributed by atoms with Crippen LogP contribution >= 0.6 is 0 Å². The number of methoxy groups -OCH3 is 1. The summed E-state index contributed by atoms with van der Waals surface area (Å²) in [5, 5.41) is 12.9. The molecule has 5 aliphatic rings. The number of epoxide rings is 2. The van der Waals surface area contributed by atoms with Gasteiger partial charge in [-0.1, -0.05) is 24.3 Å². The van der Waals surface area contributed by atoms with Gasteiger partial charge in [0.1, 0.15) is 17.6 Å². The Morgan fingerprint density at radius 3 is 2.17 bits per heavy atom. The molecule has 5 atom stereocenters. The summed E-state index contributed by atoms with van der Waals surface area (Å²) in [4.78, 5) is 26.1. The molecule has 0 aromatic heterocycles. The molecule has 0 amide bonds. The highest BCUT2D eigenvalue weighted by atomic mass is 16.8. The molecule has 0 unspecified atom stereocenters. The van der Waals surface area contributed by atoms with Crippen LogP contribution in [0, 0.1) is 0 Å². The van der Waals surface area contributed by atoms with Gasteiger partial charge in [0, 0.05) is 7.11 Å². The Labute approximate surface area is 163 Å². The fraction of sp³-hybridized carbons (Fsp3) is 0.333. The van der Waals surface area contributed by atoms with E-state index in [9.17, 15) is 14.7 Å². The summed E-state index contributed by atoms with van der Waals surface area (Å²) < 4.78 is 29.5. The van der Waals surface area contributed by atoms with Crippen molar-refractivity contribution in [2.75, 3.05) is 7.11 Å². The van der Waals surface area contributed by atoms with E-state index in [-0.39, 0.29) is 0 Å². The third-order valence-corrected chi connectivity index (χ3v) is 6.75. The summed E-state index contributed by atoms with van der Waals surface area (Å²) >= 11 is 0. The van der Waals surface area contributed by atoms with Gasteiger partial charge in [0.2, 0.25) is 11.4 Å². The molecule has 1 saturated carbocycles. The maximum Gasteiger partial charge on any atom is 0.321 e. The van der Waals surface area contributed by atoms with Gasteiger partial charge in [-0.3, -0.25) is 9.59 Å². The minimum atomic E-state index is -2.14. The molecule has 3 heterocycles. The molecule has 1 N–H and O–H groups in total. The van der Waals surface area contributed by atoms with Crippen molar-refractivity contribution in [3.05, 3.63) is 48.6 Å². The average Bonchev–Trinajstić information content (AvgIpc) is 3.63. The number of benzene rings is 2. The van der Waals surface area contributed by atoms with Crippen molar-refractivity contribution < 1.29 is 38.4 Å². The fourth-order valence-electron chi connectivity index (χ4n) is 5.44. The number of ketones is 2. The molecule has 2 aliphatic carbocycles. The molecule has 8 heteroatoms. The van der Waals surface area contributed by atoms with Gasteiger partial charge in [-0.25, -0.2) is 0 Å². The molecule has 2 aromatic rings. The minimum Gasteiger partial charge on any atom is -0.446 e. The van der Waals surface area contributed by atoms with Crippen LogP contribution in [-0.4, -0.2) is 58.8 Å². The fourth-order valence-corrected chi connectivity index (χ4v) is 5.44. The van der Waals surface area contributed by atoms with Gasteiger partial charge in [-0.05, 0) is 29.7 Å². The number of hydrogen-bond donors (Lipinski definition) is 1. The molecule has 7 rings (SSSR count). The van der Waals surface area contributed by atoms with Crippen molar-refractivity contribution in [2.24, 2.45) is 0 Å². The van der Waals surface area contributed by atoms with Crippen LogP contribution in [-0.2, 0) is 23.8 Å². The van der Waals surface area contributed by atoms with E-state index in [1.165, 1.54) is 7.11 Å². The lowest BCUT2D eigenvalue weighted by atomic mass is 9.65. The molecule has 146 valence electrons. The Balaban J connectivity index is 1.51. The van der Waals surface area contributed by atoms with E-state index in [0.717, 1.165) is 22.9 Å². The highest BCUT2D eigenvalue weighted by Gasteiger charge is 3.04. The summed E-state index contributed by atoms with van der Waals surface area (Å²) in [6.45, 7) is 0. The van der Waals surface area contributed by atoms with Crippen LogP contribution in [0.15, 0.2) is 48.6 Å². The number of aliphatic hydroxyl groups is 1. The zero-order valence-corrected chi connectivity index (χ0v) is 15.1. The zero-order chi connectivity index (χ0) is 19.8. The summed E-state index contributed by atoms with van der Waals surface area (Å²) in [6, 6.07) is 11.0. The van der Waals surface area contributed by atoms with E-state index < -0.39 is 46.6 Å². The molecule has 2 saturated heterocycles. The number of rotatable bonds is 1. The second-order valence-electron chi connectivity index (χ2n) is 7.89. The van der Waals surface area contributed by atoms with Gasteiger partial charge in [0.25, 0.3) is 5.60 Å². The number of carbonyl (C=O) groups is 2. The smallest absolute Gasteiger partial charge is 0.321 e. The summed E-state index contributed by atoms with van der Waals surface area (Å²) in [6.07, 6.45) is 0.374. The van der Waals surface area contributed by atoms with Crippen LogP contribution in [0.4, 0.5) is 0 Å². The largest absolute Gasteiger partial charge is 0.446 e. The lowest BCUT2D eigenvalue weighted by molar-refractivity contribution is -0.249. The number of fused-ring (bicyclic) bond motifs is 2. The lowest BCUT2D eigenvalue weighted by Gasteiger charge is -2.46. The van der Waals surface area contributed by atoms with Gasteiger partial charge >= 0.3 is 5.79 Å². The van der Waals surface area contributed by atoms with Gasteiger partial charge in [0.05, 0.1) is 5.39 Å². The monoisotopic (exact) mass is 394 g/mol. The van der Waals surface area contributed by atoms with Crippen LogP contribution < -0.4 is 9.47 Å². The van der Waals surface area contributed by atoms with E-state index in [1.54, 1.807) is 12.1 Å². The third-order valence-electron chi connectivity index (χ3n) is 6.75. The molecular formula is C21H14O8. The SMILES string of the molecule is CO[C@]1(O)[C@H]2O[C@H]2C2(Oc3cccc4cccc(c34)O2)[C@@]23O[C@]21C(=O)C=CC3=O. The number of ether oxygens (including phenoxy) is 5. The Morgan fingerprint density at radius 2 is 1.55 bits per heavy atom. The maximum absolute atomic E-state index is 13.2. The number of hydrogen-bond acceptors (Lipinski definition) is 8. The Hall–Kier alpha value is -2.78. The van der Waals surface area contributed by atoms with E-state index >= 15 is 0 Å². The normalized spacial score (nSPS) is 41.9. The Kier molecular flexibility index (Phi) is 2.42. The summed E-state index contributed by atoms with van der Waals surface area (Å²) in [5.74, 6) is -4.10. The highest BCUT2D eigenvalue weighted by molar-refractivity contribution is 6.20. The lowest BCUT2D eigenvalue weighted by Crippen LogP contribution is -2.76. The molecule has 3 aliphatic heterocycles. The van der Waals surface area contributed by atoms with Crippen LogP contribution in [0.1, 0.15) is 0 Å². The van der Waals surface area contributed by atoms with Crippen molar-refractivity contribution in [3.63, 3.8) is 0 Å². The van der Waals surface area contributed by atoms with Crippen molar-refractivity contribution in [3.8, 4) is 11.5 Å². The van der Waals surface area contributed by atoms with Crippen LogP contribution in [0.2, 0.25) is 0 Å². The first-order valence-electron chi connectivity index (χ1n) is 9.25. The van der Waals surface area contributed by atoms with Crippen LogP contribution in [0.5, 0.6) is 11.5 Å². The van der Waals surface area contributed by atoms with Gasteiger partial charge in [-0.15, -0.1) is 0 Å².